The van der Waals surface area contributed by atoms with E-state index in [1.54, 1.807) is 0 Å². The van der Waals surface area contributed by atoms with E-state index in [1.165, 1.54) is 0 Å². The minimum atomic E-state index is -4.64. The van der Waals surface area contributed by atoms with Crippen LogP contribution < -0.4 is 0 Å². The number of carboxylic acid groups (broad SMARTS) is 1. The van der Waals surface area contributed by atoms with Gasteiger partial charge in [0.25, 0.3) is 0 Å². The summed E-state index contributed by atoms with van der Waals surface area (Å²) in [6, 6.07) is 2.79. The Balaban J connectivity index is 3.06. The molecule has 1 aromatic carbocycles. The number of carbonyl (C=O) groups is 1. The molecule has 0 radical (unpaired) electrons. The van der Waals surface area contributed by atoms with E-state index in [0.29, 0.717) is 6.07 Å². The van der Waals surface area contributed by atoms with E-state index in [9.17, 15) is 22.4 Å². The van der Waals surface area contributed by atoms with E-state index in [-0.39, 0.29) is 10.6 Å². The number of halogens is 5. The van der Waals surface area contributed by atoms with Gasteiger partial charge in [0, 0.05) is 0 Å². The van der Waals surface area contributed by atoms with E-state index in [0.717, 1.165) is 12.1 Å². The van der Waals surface area contributed by atoms with Crippen molar-refractivity contribution in [2.45, 2.75) is 18.5 Å². The third-order valence-corrected chi connectivity index (χ3v) is 2.39. The van der Waals surface area contributed by atoms with Crippen LogP contribution in [-0.4, -0.2) is 17.3 Å². The van der Waals surface area contributed by atoms with Gasteiger partial charge in [-0.05, 0) is 17.7 Å². The largest absolute Gasteiger partial charge is 0.481 e. The molecule has 2 nitrogen and oxygen atoms in total. The van der Waals surface area contributed by atoms with Gasteiger partial charge in [0.2, 0.25) is 0 Å². The van der Waals surface area contributed by atoms with Gasteiger partial charge in [-0.3, -0.25) is 4.79 Å². The Labute approximate surface area is 98.8 Å². The summed E-state index contributed by atoms with van der Waals surface area (Å²) in [4.78, 5) is 10.7. The topological polar surface area (TPSA) is 37.3 Å². The van der Waals surface area contributed by atoms with Crippen LogP contribution in [0.15, 0.2) is 18.2 Å². The van der Waals surface area contributed by atoms with Gasteiger partial charge in [-0.25, -0.2) is 4.39 Å². The first-order valence-electron chi connectivity index (χ1n) is 4.45. The maximum Gasteiger partial charge on any atom is 0.390 e. The van der Waals surface area contributed by atoms with Crippen molar-refractivity contribution in [2.24, 2.45) is 0 Å². The standard InChI is InChI=1S/C10H7ClF4O2/c11-7-2-1-5(3-8(7)12)6(9(16)17)4-10(13,14)15/h1-3,6H,4H2,(H,16,17). The Bertz CT molecular complexity index is 431. The van der Waals surface area contributed by atoms with Crippen molar-refractivity contribution < 1.29 is 27.5 Å². The summed E-state index contributed by atoms with van der Waals surface area (Å²) >= 11 is 5.35. The van der Waals surface area contributed by atoms with E-state index in [1.807, 2.05) is 0 Å². The molecule has 0 saturated carbocycles. The summed E-state index contributed by atoms with van der Waals surface area (Å²) in [6.07, 6.45) is -6.19. The summed E-state index contributed by atoms with van der Waals surface area (Å²) in [6.45, 7) is 0. The number of aliphatic carboxylic acids is 1. The maximum atomic E-state index is 13.0. The van der Waals surface area contributed by atoms with E-state index < -0.39 is 30.3 Å². The van der Waals surface area contributed by atoms with Crippen molar-refractivity contribution in [2.75, 3.05) is 0 Å². The molecule has 94 valence electrons. The number of alkyl halides is 3. The van der Waals surface area contributed by atoms with Gasteiger partial charge in [0.05, 0.1) is 17.4 Å². The minimum absolute atomic E-state index is 0.267. The van der Waals surface area contributed by atoms with Gasteiger partial charge in [0.15, 0.2) is 0 Å². The van der Waals surface area contributed by atoms with Gasteiger partial charge in [-0.2, -0.15) is 13.2 Å². The molecule has 0 heterocycles. The zero-order valence-corrected chi connectivity index (χ0v) is 9.02. The molecular weight excluding hydrogens is 264 g/mol. The Morgan fingerprint density at radius 1 is 1.41 bits per heavy atom. The van der Waals surface area contributed by atoms with E-state index >= 15 is 0 Å². The molecule has 1 unspecified atom stereocenters. The highest BCUT2D eigenvalue weighted by molar-refractivity contribution is 6.30. The molecule has 17 heavy (non-hydrogen) atoms. The Hall–Kier alpha value is -1.30. The quantitative estimate of drug-likeness (QED) is 0.852. The number of carboxylic acids is 1. The summed E-state index contributed by atoms with van der Waals surface area (Å²) in [5.41, 5.74) is -0.267. The predicted octanol–water partition coefficient (Wildman–Crippen LogP) is 3.60. The molecule has 0 spiro atoms. The third kappa shape index (κ3) is 3.89. The van der Waals surface area contributed by atoms with Crippen LogP contribution in [-0.2, 0) is 4.79 Å². The fourth-order valence-corrected chi connectivity index (χ4v) is 1.43. The van der Waals surface area contributed by atoms with Crippen LogP contribution in [0.4, 0.5) is 17.6 Å². The van der Waals surface area contributed by atoms with Crippen LogP contribution in [0.25, 0.3) is 0 Å². The Morgan fingerprint density at radius 2 is 2.00 bits per heavy atom. The first-order valence-corrected chi connectivity index (χ1v) is 4.83. The van der Waals surface area contributed by atoms with E-state index in [2.05, 4.69) is 0 Å². The summed E-state index contributed by atoms with van der Waals surface area (Å²) < 4.78 is 49.5. The first kappa shape index (κ1) is 13.8. The average molecular weight is 271 g/mol. The molecule has 0 aromatic heterocycles. The lowest BCUT2D eigenvalue weighted by atomic mass is 9.95. The molecule has 0 aliphatic heterocycles. The molecule has 0 bridgehead atoms. The highest BCUT2D eigenvalue weighted by Gasteiger charge is 2.36. The number of benzene rings is 1. The number of hydrogen-bond acceptors (Lipinski definition) is 1. The Morgan fingerprint density at radius 3 is 2.41 bits per heavy atom. The monoisotopic (exact) mass is 270 g/mol. The third-order valence-electron chi connectivity index (χ3n) is 2.08. The molecule has 1 aromatic rings. The van der Waals surface area contributed by atoms with Crippen LogP contribution in [0.2, 0.25) is 5.02 Å². The van der Waals surface area contributed by atoms with Gasteiger partial charge in [-0.1, -0.05) is 17.7 Å². The van der Waals surface area contributed by atoms with Crippen molar-refractivity contribution in [3.05, 3.63) is 34.6 Å². The Kier molecular flexibility index (Phi) is 3.98. The molecule has 7 heteroatoms. The zero-order valence-electron chi connectivity index (χ0n) is 8.26. The van der Waals surface area contributed by atoms with Crippen molar-refractivity contribution in [3.8, 4) is 0 Å². The molecule has 1 N–H and O–H groups in total. The maximum absolute atomic E-state index is 13.0. The highest BCUT2D eigenvalue weighted by atomic mass is 35.5. The summed E-state index contributed by atoms with van der Waals surface area (Å²) in [5.74, 6) is -4.44. The molecule has 0 saturated heterocycles. The average Bonchev–Trinajstić information content (AvgIpc) is 2.17. The normalized spacial score (nSPS) is 13.5. The van der Waals surface area contributed by atoms with Crippen molar-refractivity contribution in [3.63, 3.8) is 0 Å². The molecule has 0 aliphatic carbocycles. The van der Waals surface area contributed by atoms with Crippen LogP contribution in [0.5, 0.6) is 0 Å². The number of hydrogen-bond donors (Lipinski definition) is 1. The number of rotatable bonds is 3. The van der Waals surface area contributed by atoms with Gasteiger partial charge < -0.3 is 5.11 Å². The second-order valence-corrected chi connectivity index (χ2v) is 3.79. The van der Waals surface area contributed by atoms with Gasteiger partial charge in [-0.15, -0.1) is 0 Å². The SMILES string of the molecule is O=C(O)C(CC(F)(F)F)c1ccc(Cl)c(F)c1. The second kappa shape index (κ2) is 4.91. The molecule has 0 fully saturated rings. The van der Waals surface area contributed by atoms with Crippen molar-refractivity contribution >= 4 is 17.6 Å². The van der Waals surface area contributed by atoms with Crippen LogP contribution in [0, 0.1) is 5.82 Å². The van der Waals surface area contributed by atoms with Gasteiger partial charge in [0.1, 0.15) is 5.82 Å². The lowest BCUT2D eigenvalue weighted by Crippen LogP contribution is -2.20. The summed E-state index contributed by atoms with van der Waals surface area (Å²) in [7, 11) is 0. The first-order chi connectivity index (χ1) is 7.70. The smallest absolute Gasteiger partial charge is 0.390 e. The zero-order chi connectivity index (χ0) is 13.2. The predicted molar refractivity (Wildman–Crippen MR) is 52.5 cm³/mol. The highest BCUT2D eigenvalue weighted by Crippen LogP contribution is 2.32. The van der Waals surface area contributed by atoms with Crippen LogP contribution in [0.3, 0.4) is 0 Å². The molecule has 1 rings (SSSR count). The lowest BCUT2D eigenvalue weighted by molar-refractivity contribution is -0.157. The van der Waals surface area contributed by atoms with Crippen LogP contribution >= 0.6 is 11.6 Å². The minimum Gasteiger partial charge on any atom is -0.481 e. The molecule has 0 aliphatic rings. The van der Waals surface area contributed by atoms with Crippen molar-refractivity contribution in [1.82, 2.24) is 0 Å². The fourth-order valence-electron chi connectivity index (χ4n) is 1.31. The summed E-state index contributed by atoms with van der Waals surface area (Å²) in [5, 5.41) is 8.42. The van der Waals surface area contributed by atoms with Crippen LogP contribution in [0.1, 0.15) is 17.9 Å². The second-order valence-electron chi connectivity index (χ2n) is 3.38. The van der Waals surface area contributed by atoms with E-state index in [4.69, 9.17) is 16.7 Å². The van der Waals surface area contributed by atoms with Gasteiger partial charge >= 0.3 is 12.1 Å². The molecular formula is C10H7ClF4O2. The molecule has 0 amide bonds. The molecule has 1 atom stereocenters. The lowest BCUT2D eigenvalue weighted by Gasteiger charge is -2.15. The van der Waals surface area contributed by atoms with Crippen molar-refractivity contribution in [1.29, 1.82) is 0 Å². The fraction of sp³-hybridized carbons (Fsp3) is 0.300.